The van der Waals surface area contributed by atoms with Gasteiger partial charge in [0.25, 0.3) is 5.91 Å². The van der Waals surface area contributed by atoms with Gasteiger partial charge in [-0.15, -0.1) is 0 Å². The fourth-order valence-corrected chi connectivity index (χ4v) is 4.72. The van der Waals surface area contributed by atoms with Gasteiger partial charge in [0.1, 0.15) is 11.3 Å². The minimum atomic E-state index is -4.41. The number of anilines is 1. The average Bonchev–Trinajstić information content (AvgIpc) is 3.55. The molecule has 0 bridgehead atoms. The summed E-state index contributed by atoms with van der Waals surface area (Å²) in [6, 6.07) is 12.1. The number of fused-ring (bicyclic) bond motifs is 1. The molecule has 1 aliphatic heterocycles. The number of amides is 3. The zero-order valence-corrected chi connectivity index (χ0v) is 18.2. The van der Waals surface area contributed by atoms with E-state index in [2.05, 4.69) is 4.98 Å². The highest BCUT2D eigenvalue weighted by Crippen LogP contribution is 2.50. The number of nitrogens with zero attached hydrogens (tertiary/aromatic N) is 3. The second-order valence-electron chi connectivity index (χ2n) is 7.94. The normalized spacial score (nSPS) is 17.3. The third-order valence-corrected chi connectivity index (χ3v) is 6.70. The summed E-state index contributed by atoms with van der Waals surface area (Å²) in [5, 5.41) is 0.819. The van der Waals surface area contributed by atoms with Crippen molar-refractivity contribution in [3.05, 3.63) is 60.3 Å². The van der Waals surface area contributed by atoms with Crippen molar-refractivity contribution >= 4 is 40.3 Å². The van der Waals surface area contributed by atoms with Crippen LogP contribution in [0.2, 0.25) is 0 Å². The van der Waals surface area contributed by atoms with Crippen LogP contribution in [0.25, 0.3) is 10.9 Å². The van der Waals surface area contributed by atoms with Crippen LogP contribution in [0.4, 0.5) is 23.7 Å². The Hall–Kier alpha value is -3.27. The number of urea groups is 1. The molecule has 2 aliphatic rings. The lowest BCUT2D eigenvalue weighted by molar-refractivity contribution is -0.120. The molecule has 1 aliphatic carbocycles. The van der Waals surface area contributed by atoms with E-state index in [4.69, 9.17) is 4.74 Å². The fraction of sp³-hybridized carbons (Fsp3) is 0.261. The molecule has 0 radical (unpaired) electrons. The maximum absolute atomic E-state index is 13.4. The highest BCUT2D eigenvalue weighted by molar-refractivity contribution is 8.00. The number of ether oxygens (including phenoxy) is 1. The molecular formula is C23H18F3N3O3S. The van der Waals surface area contributed by atoms with E-state index in [1.165, 1.54) is 24.3 Å². The number of pyridine rings is 1. The summed E-state index contributed by atoms with van der Waals surface area (Å²) < 4.78 is 43.2. The molecule has 3 aromatic rings. The summed E-state index contributed by atoms with van der Waals surface area (Å²) >= 11 is -0.243. The minimum Gasteiger partial charge on any atom is -0.497 e. The Morgan fingerprint density at radius 1 is 1.09 bits per heavy atom. The number of imide groups is 1. The second kappa shape index (κ2) is 7.65. The predicted molar refractivity (Wildman–Crippen MR) is 117 cm³/mol. The molecule has 2 fully saturated rings. The number of halogens is 3. The van der Waals surface area contributed by atoms with Gasteiger partial charge in [0.2, 0.25) is 0 Å². The van der Waals surface area contributed by atoms with Crippen LogP contribution in [0, 0.1) is 0 Å². The molecule has 0 N–H and O–H groups in total. The molecule has 0 unspecified atom stereocenters. The van der Waals surface area contributed by atoms with Crippen molar-refractivity contribution in [3.8, 4) is 5.75 Å². The van der Waals surface area contributed by atoms with Crippen LogP contribution >= 0.6 is 11.8 Å². The van der Waals surface area contributed by atoms with E-state index in [1.54, 1.807) is 30.3 Å². The molecule has 1 spiro atoms. The summed E-state index contributed by atoms with van der Waals surface area (Å²) in [6.07, 6.45) is 2.74. The number of alkyl halides is 3. The van der Waals surface area contributed by atoms with Gasteiger partial charge in [-0.05, 0) is 78.7 Å². The van der Waals surface area contributed by atoms with Crippen molar-refractivity contribution in [2.45, 2.75) is 35.3 Å². The van der Waals surface area contributed by atoms with Crippen LogP contribution in [0.1, 0.15) is 18.4 Å². The van der Waals surface area contributed by atoms with Crippen molar-refractivity contribution in [1.82, 2.24) is 9.88 Å². The molecule has 2 heterocycles. The Bertz CT molecular complexity index is 1260. The van der Waals surface area contributed by atoms with E-state index in [0.717, 1.165) is 21.4 Å². The average molecular weight is 473 g/mol. The number of carbonyl (C=O) groups is 2. The van der Waals surface area contributed by atoms with Crippen LogP contribution in [-0.2, 0) is 11.3 Å². The summed E-state index contributed by atoms with van der Waals surface area (Å²) in [5.74, 6) is 0.305. The highest BCUT2D eigenvalue weighted by Gasteiger charge is 2.65. The smallest absolute Gasteiger partial charge is 0.446 e. The molecule has 1 saturated heterocycles. The van der Waals surface area contributed by atoms with Crippen molar-refractivity contribution in [2.75, 3.05) is 12.0 Å². The maximum Gasteiger partial charge on any atom is 0.446 e. The first-order valence-electron chi connectivity index (χ1n) is 10.2. The van der Waals surface area contributed by atoms with Crippen LogP contribution in [0.5, 0.6) is 5.75 Å². The highest BCUT2D eigenvalue weighted by atomic mass is 32.2. The molecule has 10 heteroatoms. The Kier molecular flexibility index (Phi) is 5.00. The van der Waals surface area contributed by atoms with Crippen molar-refractivity contribution in [2.24, 2.45) is 0 Å². The van der Waals surface area contributed by atoms with Gasteiger partial charge in [-0.3, -0.25) is 9.78 Å². The van der Waals surface area contributed by atoms with Gasteiger partial charge < -0.3 is 9.64 Å². The van der Waals surface area contributed by atoms with Crippen LogP contribution in [0.3, 0.4) is 0 Å². The van der Waals surface area contributed by atoms with Gasteiger partial charge >= 0.3 is 11.5 Å². The lowest BCUT2D eigenvalue weighted by Crippen LogP contribution is -2.36. The van der Waals surface area contributed by atoms with Gasteiger partial charge in [-0.1, -0.05) is 0 Å². The molecule has 170 valence electrons. The fourth-order valence-electron chi connectivity index (χ4n) is 4.18. The quantitative estimate of drug-likeness (QED) is 0.369. The number of benzene rings is 2. The van der Waals surface area contributed by atoms with Crippen molar-refractivity contribution in [1.29, 1.82) is 0 Å². The Morgan fingerprint density at radius 3 is 2.45 bits per heavy atom. The van der Waals surface area contributed by atoms with Gasteiger partial charge in [0.15, 0.2) is 0 Å². The number of carbonyl (C=O) groups excluding carboxylic acids is 2. The van der Waals surface area contributed by atoms with Gasteiger partial charge in [-0.2, -0.15) is 13.2 Å². The molecule has 3 amide bonds. The van der Waals surface area contributed by atoms with Crippen LogP contribution in [-0.4, -0.2) is 40.0 Å². The van der Waals surface area contributed by atoms with E-state index in [-0.39, 0.29) is 34.8 Å². The largest absolute Gasteiger partial charge is 0.497 e. The molecule has 1 aromatic heterocycles. The van der Waals surface area contributed by atoms with E-state index in [9.17, 15) is 22.8 Å². The molecule has 33 heavy (non-hydrogen) atoms. The first-order chi connectivity index (χ1) is 15.7. The number of hydrogen-bond donors (Lipinski definition) is 0. The zero-order valence-electron chi connectivity index (χ0n) is 17.4. The minimum absolute atomic E-state index is 0.0134. The monoisotopic (exact) mass is 473 g/mol. The Balaban J connectivity index is 1.46. The molecule has 6 nitrogen and oxygen atoms in total. The van der Waals surface area contributed by atoms with E-state index in [0.29, 0.717) is 18.6 Å². The number of aromatic nitrogens is 1. The molecular weight excluding hydrogens is 455 g/mol. The van der Waals surface area contributed by atoms with Crippen LogP contribution in [0.15, 0.2) is 59.6 Å². The van der Waals surface area contributed by atoms with Gasteiger partial charge in [-0.25, -0.2) is 9.69 Å². The third-order valence-electron chi connectivity index (χ3n) is 5.96. The lowest BCUT2D eigenvalue weighted by atomic mass is 10.1. The number of thioether (sulfide) groups is 1. The molecule has 1 saturated carbocycles. The molecule has 5 rings (SSSR count). The standard InChI is InChI=1S/C23H18F3N3O3S/c1-32-16-4-7-19-18(12-16)14(8-11-27-19)13-28-21(31)29(20(30)22(28)9-10-22)15-2-5-17(6-3-15)33-23(24,25)26/h2-8,11-12H,9-10,13H2,1H3. The Labute approximate surface area is 191 Å². The zero-order chi connectivity index (χ0) is 23.4. The lowest BCUT2D eigenvalue weighted by Gasteiger charge is -2.22. The summed E-state index contributed by atoms with van der Waals surface area (Å²) in [7, 11) is 1.56. The SMILES string of the molecule is COc1ccc2nccc(CN3C(=O)N(c4ccc(SC(F)(F)F)cc4)C(=O)C34CC4)c2c1. The van der Waals surface area contributed by atoms with Gasteiger partial charge in [0, 0.05) is 23.0 Å². The van der Waals surface area contributed by atoms with Crippen molar-refractivity contribution in [3.63, 3.8) is 0 Å². The Morgan fingerprint density at radius 2 is 1.82 bits per heavy atom. The predicted octanol–water partition coefficient (Wildman–Crippen LogP) is 5.36. The second-order valence-corrected chi connectivity index (χ2v) is 9.07. The molecule has 0 atom stereocenters. The van der Waals surface area contributed by atoms with E-state index >= 15 is 0 Å². The first kappa shape index (κ1) is 21.6. The van der Waals surface area contributed by atoms with E-state index < -0.39 is 17.1 Å². The topological polar surface area (TPSA) is 62.7 Å². The molecule has 2 aromatic carbocycles. The summed E-state index contributed by atoms with van der Waals surface area (Å²) in [5.41, 5.74) is -3.50. The summed E-state index contributed by atoms with van der Waals surface area (Å²) in [6.45, 7) is 0.204. The number of hydrogen-bond acceptors (Lipinski definition) is 5. The third kappa shape index (κ3) is 3.78. The van der Waals surface area contributed by atoms with Gasteiger partial charge in [0.05, 0.1) is 18.3 Å². The maximum atomic E-state index is 13.4. The number of methoxy groups -OCH3 is 1. The first-order valence-corrected chi connectivity index (χ1v) is 11.0. The number of rotatable bonds is 5. The summed E-state index contributed by atoms with van der Waals surface area (Å²) in [4.78, 5) is 33.5. The van der Waals surface area contributed by atoms with E-state index in [1.807, 2.05) is 12.1 Å². The van der Waals surface area contributed by atoms with Crippen molar-refractivity contribution < 1.29 is 27.5 Å². The van der Waals surface area contributed by atoms with Crippen LogP contribution < -0.4 is 9.64 Å².